The van der Waals surface area contributed by atoms with Gasteiger partial charge in [0, 0.05) is 26.2 Å². The largest absolute Gasteiger partial charge is 0.444 e. The molecule has 2 N–H and O–H groups in total. The van der Waals surface area contributed by atoms with Crippen molar-refractivity contribution in [3.63, 3.8) is 0 Å². The number of nitrogens with zero attached hydrogens (tertiary/aromatic N) is 2. The second-order valence-electron chi connectivity index (χ2n) is 8.30. The van der Waals surface area contributed by atoms with E-state index in [-0.39, 0.29) is 6.09 Å². The number of likely N-dealkylation sites (tertiary alicyclic amines) is 1. The summed E-state index contributed by atoms with van der Waals surface area (Å²) in [6, 6.07) is 0. The van der Waals surface area contributed by atoms with E-state index < -0.39 is 11.2 Å². The van der Waals surface area contributed by atoms with Crippen molar-refractivity contribution in [1.29, 1.82) is 0 Å². The zero-order valence-corrected chi connectivity index (χ0v) is 15.7. The first-order valence-electron chi connectivity index (χ1n) is 8.54. The summed E-state index contributed by atoms with van der Waals surface area (Å²) < 4.78 is 5.45. The fourth-order valence-corrected chi connectivity index (χ4v) is 3.01. The minimum Gasteiger partial charge on any atom is -0.444 e. The summed E-state index contributed by atoms with van der Waals surface area (Å²) in [6.07, 6.45) is 1.88. The minimum atomic E-state index is -0.747. The van der Waals surface area contributed by atoms with E-state index >= 15 is 0 Å². The molecule has 0 aliphatic carbocycles. The standard InChI is InChI=1S/C17H35N3O3/c1-16(2,3)23-15(21)20-9-7-8-14(11-20)10-18-12-17(4,22)13-19(5)6/h14,18,22H,7-13H2,1-6H3. The number of carbonyl (C=O) groups excluding carboxylic acids is 1. The maximum Gasteiger partial charge on any atom is 0.410 e. The van der Waals surface area contributed by atoms with Crippen molar-refractivity contribution >= 4 is 6.09 Å². The number of carbonyl (C=O) groups is 1. The van der Waals surface area contributed by atoms with Gasteiger partial charge in [0.1, 0.15) is 5.60 Å². The summed E-state index contributed by atoms with van der Waals surface area (Å²) in [4.78, 5) is 15.9. The van der Waals surface area contributed by atoms with Crippen molar-refractivity contribution in [2.45, 2.75) is 51.7 Å². The quantitative estimate of drug-likeness (QED) is 0.774. The van der Waals surface area contributed by atoms with E-state index in [2.05, 4.69) is 5.32 Å². The Morgan fingerprint density at radius 2 is 2.00 bits per heavy atom. The van der Waals surface area contributed by atoms with Crippen LogP contribution in [0.4, 0.5) is 4.79 Å². The van der Waals surface area contributed by atoms with Gasteiger partial charge >= 0.3 is 6.09 Å². The molecule has 1 heterocycles. The van der Waals surface area contributed by atoms with E-state index in [4.69, 9.17) is 4.74 Å². The maximum absolute atomic E-state index is 12.2. The lowest BCUT2D eigenvalue weighted by atomic mass is 9.97. The highest BCUT2D eigenvalue weighted by Crippen LogP contribution is 2.19. The van der Waals surface area contributed by atoms with Crippen LogP contribution in [0.15, 0.2) is 0 Å². The lowest BCUT2D eigenvalue weighted by Gasteiger charge is -2.35. The Balaban J connectivity index is 2.37. The molecule has 2 atom stereocenters. The molecule has 0 saturated carbocycles. The molecule has 0 bridgehead atoms. The molecule has 1 saturated heterocycles. The van der Waals surface area contributed by atoms with Crippen molar-refractivity contribution in [3.8, 4) is 0 Å². The zero-order valence-electron chi connectivity index (χ0n) is 15.7. The summed E-state index contributed by atoms with van der Waals surface area (Å²) in [7, 11) is 3.91. The van der Waals surface area contributed by atoms with Crippen LogP contribution in [0, 0.1) is 5.92 Å². The lowest BCUT2D eigenvalue weighted by Crippen LogP contribution is -2.49. The van der Waals surface area contributed by atoms with Gasteiger partial charge in [0.05, 0.1) is 5.60 Å². The number of likely N-dealkylation sites (N-methyl/N-ethyl adjacent to an activating group) is 1. The van der Waals surface area contributed by atoms with Crippen molar-refractivity contribution in [1.82, 2.24) is 15.1 Å². The molecule has 0 spiro atoms. The summed E-state index contributed by atoms with van der Waals surface area (Å²) in [5, 5.41) is 13.6. The highest BCUT2D eigenvalue weighted by Gasteiger charge is 2.28. The number of nitrogens with one attached hydrogen (secondary N) is 1. The molecule has 6 heteroatoms. The first kappa shape index (κ1) is 20.2. The molecule has 0 aromatic carbocycles. The molecule has 136 valence electrons. The molecule has 0 radical (unpaired) electrons. The second-order valence-corrected chi connectivity index (χ2v) is 8.30. The average Bonchev–Trinajstić information content (AvgIpc) is 2.35. The third kappa shape index (κ3) is 8.53. The Morgan fingerprint density at radius 1 is 1.35 bits per heavy atom. The highest BCUT2D eigenvalue weighted by atomic mass is 16.6. The van der Waals surface area contributed by atoms with E-state index in [0.717, 1.165) is 32.5 Å². The van der Waals surface area contributed by atoms with Gasteiger partial charge in [-0.2, -0.15) is 0 Å². The third-order valence-corrected chi connectivity index (χ3v) is 3.77. The van der Waals surface area contributed by atoms with E-state index in [1.54, 1.807) is 4.90 Å². The molecule has 1 aliphatic rings. The van der Waals surface area contributed by atoms with Crippen LogP contribution < -0.4 is 5.32 Å². The SMILES string of the molecule is CN(C)CC(C)(O)CNCC1CCCN(C(=O)OC(C)(C)C)C1. The van der Waals surface area contributed by atoms with E-state index in [9.17, 15) is 9.90 Å². The molecule has 2 unspecified atom stereocenters. The van der Waals surface area contributed by atoms with E-state index in [1.807, 2.05) is 46.7 Å². The predicted octanol–water partition coefficient (Wildman–Crippen LogP) is 1.54. The molecule has 23 heavy (non-hydrogen) atoms. The van der Waals surface area contributed by atoms with Crippen molar-refractivity contribution in [2.75, 3.05) is 46.8 Å². The number of piperidine rings is 1. The molecular weight excluding hydrogens is 294 g/mol. The van der Waals surface area contributed by atoms with Gasteiger partial charge in [0.2, 0.25) is 0 Å². The first-order valence-corrected chi connectivity index (χ1v) is 8.54. The number of amides is 1. The van der Waals surface area contributed by atoms with Crippen LogP contribution in [0.1, 0.15) is 40.5 Å². The topological polar surface area (TPSA) is 65.0 Å². The Bertz CT molecular complexity index is 378. The summed E-state index contributed by atoms with van der Waals surface area (Å²) in [5.74, 6) is 0.409. The number of hydrogen-bond acceptors (Lipinski definition) is 5. The van der Waals surface area contributed by atoms with Gasteiger partial charge in [-0.1, -0.05) is 0 Å². The highest BCUT2D eigenvalue weighted by molar-refractivity contribution is 5.68. The Morgan fingerprint density at radius 3 is 2.57 bits per heavy atom. The van der Waals surface area contributed by atoms with Gasteiger partial charge < -0.3 is 25.0 Å². The van der Waals surface area contributed by atoms with E-state index in [0.29, 0.717) is 19.0 Å². The molecule has 1 aliphatic heterocycles. The third-order valence-electron chi connectivity index (χ3n) is 3.77. The van der Waals surface area contributed by atoms with Gasteiger partial charge in [-0.15, -0.1) is 0 Å². The molecule has 1 rings (SSSR count). The van der Waals surface area contributed by atoms with Gasteiger partial charge in [-0.25, -0.2) is 4.79 Å². The zero-order chi connectivity index (χ0) is 17.7. The molecule has 1 fully saturated rings. The second kappa shape index (κ2) is 8.31. The van der Waals surface area contributed by atoms with Crippen molar-refractivity contribution in [3.05, 3.63) is 0 Å². The summed E-state index contributed by atoms with van der Waals surface area (Å²) >= 11 is 0. The van der Waals surface area contributed by atoms with Gasteiger partial charge in [0.15, 0.2) is 0 Å². The number of rotatable bonds is 6. The Labute approximate surface area is 141 Å². The fraction of sp³-hybridized carbons (Fsp3) is 0.941. The normalized spacial score (nSPS) is 22.1. The predicted molar refractivity (Wildman–Crippen MR) is 92.6 cm³/mol. The monoisotopic (exact) mass is 329 g/mol. The first-order chi connectivity index (χ1) is 10.5. The summed E-state index contributed by atoms with van der Waals surface area (Å²) in [5.41, 5.74) is -1.20. The van der Waals surface area contributed by atoms with Gasteiger partial charge in [0.25, 0.3) is 0 Å². The van der Waals surface area contributed by atoms with Crippen LogP contribution in [0.3, 0.4) is 0 Å². The van der Waals surface area contributed by atoms with Crippen LogP contribution >= 0.6 is 0 Å². The molecule has 0 aromatic heterocycles. The van der Waals surface area contributed by atoms with Gasteiger partial charge in [-0.3, -0.25) is 0 Å². The van der Waals surface area contributed by atoms with Crippen molar-refractivity contribution < 1.29 is 14.6 Å². The maximum atomic E-state index is 12.2. The number of aliphatic hydroxyl groups is 1. The van der Waals surface area contributed by atoms with Crippen LogP contribution in [0.5, 0.6) is 0 Å². The lowest BCUT2D eigenvalue weighted by molar-refractivity contribution is 0.0145. The minimum absolute atomic E-state index is 0.221. The molecular formula is C17H35N3O3. The van der Waals surface area contributed by atoms with Crippen molar-refractivity contribution in [2.24, 2.45) is 5.92 Å². The van der Waals surface area contributed by atoms with Crippen LogP contribution in [0.2, 0.25) is 0 Å². The number of hydrogen-bond donors (Lipinski definition) is 2. The van der Waals surface area contributed by atoms with Gasteiger partial charge in [-0.05, 0) is 67.1 Å². The average molecular weight is 329 g/mol. The number of ether oxygens (including phenoxy) is 1. The molecule has 1 amide bonds. The smallest absolute Gasteiger partial charge is 0.410 e. The van der Waals surface area contributed by atoms with Crippen LogP contribution in [0.25, 0.3) is 0 Å². The van der Waals surface area contributed by atoms with E-state index in [1.165, 1.54) is 0 Å². The molecule has 0 aromatic rings. The van der Waals surface area contributed by atoms with Crippen LogP contribution in [-0.2, 0) is 4.74 Å². The van der Waals surface area contributed by atoms with Crippen LogP contribution in [-0.4, -0.2) is 79.0 Å². The Kier molecular flexibility index (Phi) is 7.29. The summed E-state index contributed by atoms with van der Waals surface area (Å²) in [6.45, 7) is 11.0. The fourth-order valence-electron chi connectivity index (χ4n) is 3.01. The molecule has 6 nitrogen and oxygen atoms in total. The Hall–Kier alpha value is -0.850.